The first kappa shape index (κ1) is 14.7. The third-order valence-electron chi connectivity index (χ3n) is 7.68. The maximum atomic E-state index is 13.3. The predicted molar refractivity (Wildman–Crippen MR) is 124 cm³/mol. The van der Waals surface area contributed by atoms with Gasteiger partial charge in [-0.15, -0.1) is 0 Å². The van der Waals surface area contributed by atoms with Crippen LogP contribution in [0.3, 0.4) is 0 Å². The highest BCUT2D eigenvalue weighted by atomic mass is 16.6. The second-order valence-corrected chi connectivity index (χ2v) is 9.14. The van der Waals surface area contributed by atoms with Crippen LogP contribution in [0.2, 0.25) is 0 Å². The average Bonchev–Trinajstić information content (AvgIpc) is 3.51. The fourth-order valence-corrected chi connectivity index (χ4v) is 6.28. The number of amides is 1. The number of benzene rings is 3. The summed E-state index contributed by atoms with van der Waals surface area (Å²) in [6, 6.07) is 14.6. The summed E-state index contributed by atoms with van der Waals surface area (Å²) < 4.78 is 44.4. The molecule has 8 rings (SSSR count). The highest BCUT2D eigenvalue weighted by Crippen LogP contribution is 2.57. The third kappa shape index (κ3) is 1.75. The number of ether oxygens (including phenoxy) is 1. The Morgan fingerprint density at radius 1 is 1.15 bits per heavy atom. The molecule has 164 valence electrons. The van der Waals surface area contributed by atoms with E-state index < -0.39 is 30.5 Å². The molecule has 7 nitrogen and oxygen atoms in total. The third-order valence-corrected chi connectivity index (χ3v) is 7.68. The minimum Gasteiger partial charge on any atom is -0.393 e. The molecular formula is C26H21N3O4. The molecule has 0 spiro atoms. The standard InChI is InChI=1S/C26H21N3O4/c1-25-26(32,12-30)10-18(33-25)28-16-8-4-2-6-13(16)20-21-15(11-27-24(21)31)19-14-7-3-5-9-17(14)29(25)23(19)22(20)28/h2-9,18,30,32H,10-12H2,1H3,(H,27,31)/i10D2,12D2. The molecule has 3 unspecified atom stereocenters. The molecular weight excluding hydrogens is 418 g/mol. The number of hydrogen-bond acceptors (Lipinski definition) is 4. The average molecular weight is 443 g/mol. The smallest absolute Gasteiger partial charge is 0.252 e. The van der Waals surface area contributed by atoms with Crippen LogP contribution in [0.5, 0.6) is 0 Å². The van der Waals surface area contributed by atoms with Gasteiger partial charge in [0.05, 0.1) is 36.9 Å². The molecule has 1 fully saturated rings. The van der Waals surface area contributed by atoms with E-state index in [0.29, 0.717) is 39.6 Å². The molecule has 5 heterocycles. The molecule has 1 amide bonds. The van der Waals surface area contributed by atoms with E-state index >= 15 is 0 Å². The van der Waals surface area contributed by atoms with Crippen molar-refractivity contribution in [3.8, 4) is 0 Å². The van der Waals surface area contributed by atoms with E-state index in [4.69, 9.17) is 10.2 Å². The van der Waals surface area contributed by atoms with E-state index in [0.717, 1.165) is 21.7 Å². The normalized spacial score (nSPS) is 31.6. The van der Waals surface area contributed by atoms with Crippen molar-refractivity contribution in [1.29, 1.82) is 0 Å². The fourth-order valence-electron chi connectivity index (χ4n) is 6.28. The summed E-state index contributed by atoms with van der Waals surface area (Å²) >= 11 is 0. The highest BCUT2D eigenvalue weighted by Gasteiger charge is 2.60. The Hall–Kier alpha value is -3.39. The maximum Gasteiger partial charge on any atom is 0.252 e. The molecule has 3 aliphatic heterocycles. The summed E-state index contributed by atoms with van der Waals surface area (Å²) in [4.78, 5) is 13.3. The Morgan fingerprint density at radius 2 is 1.85 bits per heavy atom. The molecule has 2 aromatic heterocycles. The largest absolute Gasteiger partial charge is 0.393 e. The number of carbonyl (C=O) groups excluding carboxylic acids is 1. The lowest BCUT2D eigenvalue weighted by atomic mass is 9.89. The van der Waals surface area contributed by atoms with Gasteiger partial charge < -0.3 is 29.4 Å². The van der Waals surface area contributed by atoms with Crippen LogP contribution < -0.4 is 5.32 Å². The second-order valence-electron chi connectivity index (χ2n) is 9.14. The molecule has 0 saturated carbocycles. The van der Waals surface area contributed by atoms with Crippen LogP contribution >= 0.6 is 0 Å². The molecule has 0 aliphatic carbocycles. The number of hydrogen-bond donors (Lipinski definition) is 3. The zero-order valence-electron chi connectivity index (χ0n) is 21.5. The lowest BCUT2D eigenvalue weighted by Gasteiger charge is -2.38. The van der Waals surface area contributed by atoms with Gasteiger partial charge in [-0.2, -0.15) is 0 Å². The van der Waals surface area contributed by atoms with Crippen molar-refractivity contribution in [2.24, 2.45) is 0 Å². The van der Waals surface area contributed by atoms with Gasteiger partial charge in [-0.25, -0.2) is 0 Å². The van der Waals surface area contributed by atoms with E-state index in [2.05, 4.69) is 5.32 Å². The van der Waals surface area contributed by atoms with Gasteiger partial charge in [0, 0.05) is 37.2 Å². The number of para-hydroxylation sites is 2. The number of nitrogens with zero attached hydrogens (tertiary/aromatic N) is 2. The highest BCUT2D eigenvalue weighted by molar-refractivity contribution is 6.31. The second kappa shape index (κ2) is 5.39. The van der Waals surface area contributed by atoms with Crippen LogP contribution in [0, 0.1) is 0 Å². The van der Waals surface area contributed by atoms with Crippen LogP contribution in [-0.2, 0) is 17.0 Å². The van der Waals surface area contributed by atoms with Crippen LogP contribution in [0.25, 0.3) is 43.6 Å². The van der Waals surface area contributed by atoms with Gasteiger partial charge in [-0.3, -0.25) is 4.79 Å². The molecule has 3 aliphatic rings. The fraction of sp³-hybridized carbons (Fsp3) is 0.269. The van der Waals surface area contributed by atoms with E-state index in [1.165, 1.54) is 6.92 Å². The SMILES string of the molecule is [2H]C([2H])(O)C1(O)C([2H])([2H])C2OC1(C)n1c3ccccc3c3c4c(c5c6ccccc6n2c5c31)C(=O)NC4. The molecule has 3 atom stereocenters. The summed E-state index contributed by atoms with van der Waals surface area (Å²) in [5.41, 5.74) is -1.49. The molecule has 3 aromatic carbocycles. The summed E-state index contributed by atoms with van der Waals surface area (Å²) in [5, 5.41) is 28.6. The molecule has 1 saturated heterocycles. The Kier molecular flexibility index (Phi) is 2.40. The number of nitrogens with one attached hydrogen (secondary N) is 1. The number of fused-ring (bicyclic) bond motifs is 13. The first-order chi connectivity index (χ1) is 17.4. The van der Waals surface area contributed by atoms with Crippen LogP contribution in [0.1, 0.15) is 40.9 Å². The van der Waals surface area contributed by atoms with Crippen LogP contribution in [-0.4, -0.2) is 37.4 Å². The van der Waals surface area contributed by atoms with Gasteiger partial charge >= 0.3 is 0 Å². The Balaban J connectivity index is 1.77. The summed E-state index contributed by atoms with van der Waals surface area (Å²) in [7, 11) is 0. The lowest BCUT2D eigenvalue weighted by Crippen LogP contribution is -2.53. The van der Waals surface area contributed by atoms with E-state index in [1.807, 2.05) is 24.3 Å². The van der Waals surface area contributed by atoms with Crippen molar-refractivity contribution >= 4 is 49.5 Å². The van der Waals surface area contributed by atoms with Gasteiger partial charge in [0.15, 0.2) is 5.72 Å². The summed E-state index contributed by atoms with van der Waals surface area (Å²) in [6.07, 6.45) is -4.32. The first-order valence-corrected chi connectivity index (χ1v) is 10.9. The van der Waals surface area contributed by atoms with Crippen molar-refractivity contribution in [1.82, 2.24) is 14.5 Å². The molecule has 0 radical (unpaired) electrons. The molecule has 33 heavy (non-hydrogen) atoms. The topological polar surface area (TPSA) is 88.7 Å². The number of aromatic nitrogens is 2. The zero-order valence-corrected chi connectivity index (χ0v) is 17.5. The van der Waals surface area contributed by atoms with Gasteiger partial charge in [-0.05, 0) is 24.6 Å². The predicted octanol–water partition coefficient (Wildman–Crippen LogP) is 3.47. The van der Waals surface area contributed by atoms with Crippen LogP contribution in [0.15, 0.2) is 48.5 Å². The summed E-state index contributed by atoms with van der Waals surface area (Å²) in [6.45, 7) is -1.67. The molecule has 3 N–H and O–H groups in total. The molecule has 7 heteroatoms. The molecule has 5 aromatic rings. The minimum atomic E-state index is -3.38. The monoisotopic (exact) mass is 443 g/mol. The number of rotatable bonds is 1. The Morgan fingerprint density at radius 3 is 2.61 bits per heavy atom. The number of aliphatic hydroxyl groups is 2. The zero-order chi connectivity index (χ0) is 25.9. The Bertz CT molecular complexity index is 1910. The van der Waals surface area contributed by atoms with Gasteiger partial charge in [0.2, 0.25) is 0 Å². The lowest BCUT2D eigenvalue weighted by molar-refractivity contribution is -0.189. The van der Waals surface area contributed by atoms with Gasteiger partial charge in [-0.1, -0.05) is 36.4 Å². The quantitative estimate of drug-likeness (QED) is 0.370. The van der Waals surface area contributed by atoms with Crippen molar-refractivity contribution in [3.05, 3.63) is 59.7 Å². The van der Waals surface area contributed by atoms with Gasteiger partial charge in [0.1, 0.15) is 11.8 Å². The van der Waals surface area contributed by atoms with E-state index in [-0.39, 0.29) is 5.91 Å². The number of carbonyl (C=O) groups is 1. The molecule has 2 bridgehead atoms. The van der Waals surface area contributed by atoms with Crippen molar-refractivity contribution in [2.45, 2.75) is 37.4 Å². The van der Waals surface area contributed by atoms with Crippen molar-refractivity contribution in [3.63, 3.8) is 0 Å². The van der Waals surface area contributed by atoms with E-state index in [9.17, 15) is 15.0 Å². The van der Waals surface area contributed by atoms with E-state index in [1.54, 1.807) is 33.4 Å². The minimum absolute atomic E-state index is 0.218. The maximum absolute atomic E-state index is 13.3. The first-order valence-electron chi connectivity index (χ1n) is 12.9. The van der Waals surface area contributed by atoms with Crippen molar-refractivity contribution < 1.29 is 25.2 Å². The Labute approximate surface area is 193 Å². The van der Waals surface area contributed by atoms with Crippen molar-refractivity contribution in [2.75, 3.05) is 6.56 Å². The summed E-state index contributed by atoms with van der Waals surface area (Å²) in [5.74, 6) is -0.218. The van der Waals surface area contributed by atoms with Gasteiger partial charge in [0.25, 0.3) is 5.91 Å². The van der Waals surface area contributed by atoms with Crippen LogP contribution in [0.4, 0.5) is 0 Å².